The Labute approximate surface area is 206 Å². The SMILES string of the molecule is C=CCOc1ccc(/C(O)=C2\C(=O)C(=O)N(CCN(C)C)C2c2ccc(OC)c(OC)c2)cc1C. The van der Waals surface area contributed by atoms with Gasteiger partial charge in [-0.2, -0.15) is 0 Å². The number of amides is 1. The molecule has 8 heteroatoms. The Kier molecular flexibility index (Phi) is 8.19. The van der Waals surface area contributed by atoms with Gasteiger partial charge in [0.15, 0.2) is 11.5 Å². The number of likely N-dealkylation sites (N-methyl/N-ethyl adjacent to an activating group) is 1. The van der Waals surface area contributed by atoms with Crippen LogP contribution in [-0.4, -0.2) is 74.6 Å². The smallest absolute Gasteiger partial charge is 0.295 e. The first-order chi connectivity index (χ1) is 16.7. The standard InChI is InChI=1S/C27H32N2O6/c1-7-14-35-20-10-9-19(15-17(20)2)25(30)23-24(18-8-11-21(33-5)22(16-18)34-6)29(13-12-28(3)4)27(32)26(23)31/h7-11,15-16,24,30H,1,12-14H2,2-6H3/b25-23+. The normalized spacial score (nSPS) is 17.1. The van der Waals surface area contributed by atoms with Gasteiger partial charge >= 0.3 is 0 Å². The van der Waals surface area contributed by atoms with E-state index in [9.17, 15) is 14.7 Å². The summed E-state index contributed by atoms with van der Waals surface area (Å²) in [4.78, 5) is 29.7. The summed E-state index contributed by atoms with van der Waals surface area (Å²) in [5.41, 5.74) is 1.86. The van der Waals surface area contributed by atoms with Crippen molar-refractivity contribution in [2.75, 3.05) is 48.0 Å². The Bertz CT molecular complexity index is 1150. The third-order valence-corrected chi connectivity index (χ3v) is 5.86. The van der Waals surface area contributed by atoms with E-state index in [-0.39, 0.29) is 11.3 Å². The Hall–Kier alpha value is -3.78. The second-order valence-corrected chi connectivity index (χ2v) is 8.49. The highest BCUT2D eigenvalue weighted by molar-refractivity contribution is 6.46. The number of aliphatic hydroxyl groups is 1. The first kappa shape index (κ1) is 25.8. The van der Waals surface area contributed by atoms with Crippen LogP contribution in [0, 0.1) is 6.92 Å². The van der Waals surface area contributed by atoms with Crippen molar-refractivity contribution in [3.8, 4) is 17.2 Å². The summed E-state index contributed by atoms with van der Waals surface area (Å²) < 4.78 is 16.4. The maximum absolute atomic E-state index is 13.2. The molecule has 1 fully saturated rings. The van der Waals surface area contributed by atoms with Crippen LogP contribution < -0.4 is 14.2 Å². The van der Waals surface area contributed by atoms with E-state index in [0.717, 1.165) is 5.56 Å². The van der Waals surface area contributed by atoms with Crippen molar-refractivity contribution in [2.45, 2.75) is 13.0 Å². The van der Waals surface area contributed by atoms with Crippen LogP contribution >= 0.6 is 0 Å². The molecule has 8 nitrogen and oxygen atoms in total. The van der Waals surface area contributed by atoms with Crippen molar-refractivity contribution in [3.63, 3.8) is 0 Å². The van der Waals surface area contributed by atoms with Crippen molar-refractivity contribution < 1.29 is 28.9 Å². The highest BCUT2D eigenvalue weighted by Crippen LogP contribution is 2.42. The second kappa shape index (κ2) is 11.1. The van der Waals surface area contributed by atoms with E-state index >= 15 is 0 Å². The van der Waals surface area contributed by atoms with Crippen LogP contribution in [0.4, 0.5) is 0 Å². The molecule has 1 atom stereocenters. The molecule has 1 heterocycles. The van der Waals surface area contributed by atoms with Crippen molar-refractivity contribution in [1.29, 1.82) is 0 Å². The van der Waals surface area contributed by atoms with E-state index in [1.54, 1.807) is 42.5 Å². The van der Waals surface area contributed by atoms with Crippen molar-refractivity contribution in [1.82, 2.24) is 9.80 Å². The number of Topliss-reactive ketones (excluding diaryl/α,β-unsaturated/α-hetero) is 1. The predicted octanol–water partition coefficient (Wildman–Crippen LogP) is 3.56. The number of methoxy groups -OCH3 is 2. The molecule has 0 spiro atoms. The highest BCUT2D eigenvalue weighted by atomic mass is 16.5. The first-order valence-corrected chi connectivity index (χ1v) is 11.2. The molecule has 1 aliphatic heterocycles. The van der Waals surface area contributed by atoms with Gasteiger partial charge in [-0.3, -0.25) is 9.59 Å². The van der Waals surface area contributed by atoms with Gasteiger partial charge in [0.2, 0.25) is 0 Å². The van der Waals surface area contributed by atoms with E-state index in [2.05, 4.69) is 6.58 Å². The van der Waals surface area contributed by atoms with E-state index in [1.807, 2.05) is 25.9 Å². The lowest BCUT2D eigenvalue weighted by molar-refractivity contribution is -0.140. The van der Waals surface area contributed by atoms with Gasteiger partial charge in [0, 0.05) is 18.7 Å². The summed E-state index contributed by atoms with van der Waals surface area (Å²) in [5.74, 6) is -0.00491. The number of nitrogens with zero attached hydrogens (tertiary/aromatic N) is 2. The molecule has 1 unspecified atom stereocenters. The molecule has 1 saturated heterocycles. The number of ketones is 1. The number of aliphatic hydroxyl groups excluding tert-OH is 1. The number of likely N-dealkylation sites (tertiary alicyclic amines) is 1. The monoisotopic (exact) mass is 480 g/mol. The fourth-order valence-electron chi connectivity index (χ4n) is 4.05. The van der Waals surface area contributed by atoms with Gasteiger partial charge in [0.1, 0.15) is 18.1 Å². The van der Waals surface area contributed by atoms with Crippen LogP contribution in [0.5, 0.6) is 17.2 Å². The molecule has 2 aromatic rings. The van der Waals surface area contributed by atoms with E-state index in [4.69, 9.17) is 14.2 Å². The molecule has 1 amide bonds. The zero-order valence-electron chi connectivity index (χ0n) is 20.8. The van der Waals surface area contributed by atoms with E-state index in [1.165, 1.54) is 19.1 Å². The molecule has 0 radical (unpaired) electrons. The molecule has 0 saturated carbocycles. The van der Waals surface area contributed by atoms with Crippen LogP contribution in [0.2, 0.25) is 0 Å². The number of ether oxygens (including phenoxy) is 3. The molecule has 3 rings (SSSR count). The average Bonchev–Trinajstić information content (AvgIpc) is 3.10. The second-order valence-electron chi connectivity index (χ2n) is 8.49. The molecule has 0 aliphatic carbocycles. The van der Waals surface area contributed by atoms with Gasteiger partial charge < -0.3 is 29.1 Å². The van der Waals surface area contributed by atoms with Gasteiger partial charge in [-0.15, -0.1) is 0 Å². The topological polar surface area (TPSA) is 88.5 Å². The molecule has 1 N–H and O–H groups in total. The maximum Gasteiger partial charge on any atom is 0.295 e. The van der Waals surface area contributed by atoms with Crippen molar-refractivity contribution in [2.24, 2.45) is 0 Å². The van der Waals surface area contributed by atoms with Gasteiger partial charge in [-0.1, -0.05) is 18.7 Å². The van der Waals surface area contributed by atoms with Gasteiger partial charge in [-0.25, -0.2) is 0 Å². The lowest BCUT2D eigenvalue weighted by Gasteiger charge is -2.27. The fourth-order valence-corrected chi connectivity index (χ4v) is 4.05. The molecule has 2 aromatic carbocycles. The summed E-state index contributed by atoms with van der Waals surface area (Å²) in [6.07, 6.45) is 1.64. The van der Waals surface area contributed by atoms with Crippen molar-refractivity contribution in [3.05, 3.63) is 71.3 Å². The van der Waals surface area contributed by atoms with Crippen LogP contribution in [0.1, 0.15) is 22.7 Å². The molecule has 186 valence electrons. The highest BCUT2D eigenvalue weighted by Gasteiger charge is 2.46. The van der Waals surface area contributed by atoms with E-state index in [0.29, 0.717) is 48.1 Å². The van der Waals surface area contributed by atoms with Crippen LogP contribution in [0.3, 0.4) is 0 Å². The largest absolute Gasteiger partial charge is 0.507 e. The van der Waals surface area contributed by atoms with Crippen molar-refractivity contribution >= 4 is 17.4 Å². The maximum atomic E-state index is 13.2. The Morgan fingerprint density at radius 3 is 2.37 bits per heavy atom. The molecular weight excluding hydrogens is 448 g/mol. The lowest BCUT2D eigenvalue weighted by Crippen LogP contribution is -2.35. The van der Waals surface area contributed by atoms with Crippen LogP contribution in [0.15, 0.2) is 54.6 Å². The molecular formula is C27H32N2O6. The zero-order chi connectivity index (χ0) is 25.7. The number of carbonyl (C=O) groups excluding carboxylic acids is 2. The number of benzene rings is 2. The predicted molar refractivity (Wildman–Crippen MR) is 134 cm³/mol. The van der Waals surface area contributed by atoms with E-state index < -0.39 is 17.7 Å². The summed E-state index contributed by atoms with van der Waals surface area (Å²) >= 11 is 0. The third-order valence-electron chi connectivity index (χ3n) is 5.86. The quantitative estimate of drug-likeness (QED) is 0.241. The minimum Gasteiger partial charge on any atom is -0.507 e. The van der Waals surface area contributed by atoms with Gasteiger partial charge in [0.25, 0.3) is 11.7 Å². The van der Waals surface area contributed by atoms with Gasteiger partial charge in [-0.05, 0) is 62.5 Å². The number of hydrogen-bond acceptors (Lipinski definition) is 7. The Morgan fingerprint density at radius 1 is 1.09 bits per heavy atom. The zero-order valence-corrected chi connectivity index (χ0v) is 20.8. The summed E-state index contributed by atoms with van der Waals surface area (Å²) in [5, 5.41) is 11.3. The third kappa shape index (κ3) is 5.33. The molecule has 0 bridgehead atoms. The fraction of sp³-hybridized carbons (Fsp3) is 0.333. The molecule has 1 aliphatic rings. The lowest BCUT2D eigenvalue weighted by atomic mass is 9.94. The minimum atomic E-state index is -0.785. The summed E-state index contributed by atoms with van der Waals surface area (Å²) in [6, 6.07) is 9.55. The average molecular weight is 481 g/mol. The summed E-state index contributed by atoms with van der Waals surface area (Å²) in [7, 11) is 6.83. The molecule has 0 aromatic heterocycles. The minimum absolute atomic E-state index is 0.0279. The number of rotatable bonds is 10. The number of aryl methyl sites for hydroxylation is 1. The summed E-state index contributed by atoms with van der Waals surface area (Å²) in [6.45, 7) is 6.69. The van der Waals surface area contributed by atoms with Gasteiger partial charge in [0.05, 0.1) is 25.8 Å². The first-order valence-electron chi connectivity index (χ1n) is 11.2. The molecule has 35 heavy (non-hydrogen) atoms. The Balaban J connectivity index is 2.15. The Morgan fingerprint density at radius 2 is 1.77 bits per heavy atom. The number of carbonyl (C=O) groups is 2. The van der Waals surface area contributed by atoms with Crippen LogP contribution in [0.25, 0.3) is 5.76 Å². The number of hydrogen-bond donors (Lipinski definition) is 1. The van der Waals surface area contributed by atoms with Crippen LogP contribution in [-0.2, 0) is 9.59 Å².